The smallest absolute Gasteiger partial charge is 0.351 e. The van der Waals surface area contributed by atoms with Gasteiger partial charge in [0, 0.05) is 11.6 Å². The van der Waals surface area contributed by atoms with E-state index in [0.717, 1.165) is 0 Å². The highest BCUT2D eigenvalue weighted by atomic mass is 16.4. The Morgan fingerprint density at radius 3 is 2.40 bits per heavy atom. The van der Waals surface area contributed by atoms with E-state index in [2.05, 4.69) is 0 Å². The molecular formula is C11H10O4. The lowest BCUT2D eigenvalue weighted by Gasteiger charge is -2.01. The van der Waals surface area contributed by atoms with E-state index in [1.807, 2.05) is 0 Å². The van der Waals surface area contributed by atoms with Crippen LogP contribution in [-0.2, 0) is 0 Å². The highest BCUT2D eigenvalue weighted by molar-refractivity contribution is 5.75. The van der Waals surface area contributed by atoms with Gasteiger partial charge in [0.15, 0.2) is 5.39 Å². The van der Waals surface area contributed by atoms with Gasteiger partial charge in [-0.25, -0.2) is 4.79 Å². The van der Waals surface area contributed by atoms with Crippen LogP contribution in [0.5, 0.6) is 0 Å². The number of fused-ring (bicyclic) bond motifs is 1. The Labute approximate surface area is 85.1 Å². The summed E-state index contributed by atoms with van der Waals surface area (Å²) < 4.78 is 10.2. The second-order valence-electron chi connectivity index (χ2n) is 3.50. The summed E-state index contributed by atoms with van der Waals surface area (Å²) in [6.45, 7) is 4.95. The van der Waals surface area contributed by atoms with E-state index in [-0.39, 0.29) is 16.4 Å². The monoisotopic (exact) mass is 206 g/mol. The number of rotatable bonds is 0. The first-order chi connectivity index (χ1) is 7.00. The second kappa shape index (κ2) is 3.08. The van der Waals surface area contributed by atoms with Gasteiger partial charge in [-0.1, -0.05) is 0 Å². The van der Waals surface area contributed by atoms with Crippen LogP contribution < -0.4 is 11.1 Å². The summed E-state index contributed by atoms with van der Waals surface area (Å²) in [7, 11) is 0. The van der Waals surface area contributed by atoms with Gasteiger partial charge in [-0.15, -0.1) is 0 Å². The summed E-state index contributed by atoms with van der Waals surface area (Å²) in [5.74, 6) is 0.955. The quantitative estimate of drug-likeness (QED) is 0.657. The predicted octanol–water partition coefficient (Wildman–Crippen LogP) is 1.67. The molecule has 2 rings (SSSR count). The van der Waals surface area contributed by atoms with E-state index in [4.69, 9.17) is 8.83 Å². The summed E-state index contributed by atoms with van der Waals surface area (Å²) in [6.07, 6.45) is 0. The largest absolute Gasteiger partial charge is 0.460 e. The molecule has 78 valence electrons. The Hall–Kier alpha value is -1.84. The van der Waals surface area contributed by atoms with E-state index in [1.54, 1.807) is 26.8 Å². The molecule has 0 aliphatic carbocycles. The van der Waals surface area contributed by atoms with Gasteiger partial charge in [0.2, 0.25) is 5.43 Å². The SMILES string of the molecule is Cc1cc2oc(C)c(C)c(=O)c2c(=O)o1. The van der Waals surface area contributed by atoms with Crippen molar-refractivity contribution in [2.45, 2.75) is 20.8 Å². The molecule has 2 heterocycles. The molecule has 0 unspecified atom stereocenters. The molecule has 0 saturated heterocycles. The van der Waals surface area contributed by atoms with E-state index in [0.29, 0.717) is 17.1 Å². The van der Waals surface area contributed by atoms with E-state index in [9.17, 15) is 9.59 Å². The molecule has 0 spiro atoms. The van der Waals surface area contributed by atoms with Gasteiger partial charge in [0.1, 0.15) is 17.1 Å². The third-order valence-electron chi connectivity index (χ3n) is 2.40. The van der Waals surface area contributed by atoms with Gasteiger partial charge in [0.25, 0.3) is 0 Å². The molecule has 0 fully saturated rings. The third kappa shape index (κ3) is 1.38. The van der Waals surface area contributed by atoms with Crippen molar-refractivity contribution in [2.75, 3.05) is 0 Å². The second-order valence-corrected chi connectivity index (χ2v) is 3.50. The topological polar surface area (TPSA) is 60.4 Å². The summed E-state index contributed by atoms with van der Waals surface area (Å²) in [4.78, 5) is 23.2. The molecule has 0 atom stereocenters. The van der Waals surface area contributed by atoms with Gasteiger partial charge in [-0.3, -0.25) is 4.79 Å². The fraction of sp³-hybridized carbons (Fsp3) is 0.273. The summed E-state index contributed by atoms with van der Waals surface area (Å²) >= 11 is 0. The van der Waals surface area contributed by atoms with Crippen molar-refractivity contribution in [3.63, 3.8) is 0 Å². The average Bonchev–Trinajstić information content (AvgIpc) is 2.13. The Bertz CT molecular complexity index is 646. The maximum Gasteiger partial charge on any atom is 0.351 e. The fourth-order valence-electron chi connectivity index (χ4n) is 1.46. The van der Waals surface area contributed by atoms with Crippen LogP contribution in [0.2, 0.25) is 0 Å². The summed E-state index contributed by atoms with van der Waals surface area (Å²) in [6, 6.07) is 1.55. The minimum absolute atomic E-state index is 0.0105. The maximum atomic E-state index is 11.8. The lowest BCUT2D eigenvalue weighted by atomic mass is 10.2. The minimum atomic E-state index is -0.637. The first-order valence-electron chi connectivity index (χ1n) is 4.55. The highest BCUT2D eigenvalue weighted by Gasteiger charge is 2.12. The van der Waals surface area contributed by atoms with Crippen molar-refractivity contribution in [3.05, 3.63) is 43.8 Å². The van der Waals surface area contributed by atoms with Crippen LogP contribution in [0.25, 0.3) is 11.0 Å². The van der Waals surface area contributed by atoms with Gasteiger partial charge < -0.3 is 8.83 Å². The molecule has 0 amide bonds. The van der Waals surface area contributed by atoms with Crippen LogP contribution >= 0.6 is 0 Å². The lowest BCUT2D eigenvalue weighted by Crippen LogP contribution is -2.16. The van der Waals surface area contributed by atoms with E-state index in [1.165, 1.54) is 0 Å². The zero-order chi connectivity index (χ0) is 11.2. The highest BCUT2D eigenvalue weighted by Crippen LogP contribution is 2.12. The third-order valence-corrected chi connectivity index (χ3v) is 2.40. The molecule has 0 aromatic carbocycles. The first kappa shape index (κ1) is 9.71. The molecule has 0 N–H and O–H groups in total. The Balaban J connectivity index is 3.13. The van der Waals surface area contributed by atoms with Crippen LogP contribution in [0.3, 0.4) is 0 Å². The molecule has 4 heteroatoms. The zero-order valence-corrected chi connectivity index (χ0v) is 8.71. The maximum absolute atomic E-state index is 11.8. The van der Waals surface area contributed by atoms with Gasteiger partial charge in [-0.05, 0) is 20.8 Å². The van der Waals surface area contributed by atoms with Crippen LogP contribution in [0.4, 0.5) is 0 Å². The van der Waals surface area contributed by atoms with Crippen molar-refractivity contribution in [3.8, 4) is 0 Å². The number of aryl methyl sites for hydroxylation is 2. The molecule has 2 aromatic rings. The molecule has 0 aliphatic rings. The molecule has 0 bridgehead atoms. The molecule has 4 nitrogen and oxygen atoms in total. The van der Waals surface area contributed by atoms with Crippen molar-refractivity contribution in [2.24, 2.45) is 0 Å². The molecule has 15 heavy (non-hydrogen) atoms. The molecule has 0 radical (unpaired) electrons. The average molecular weight is 206 g/mol. The van der Waals surface area contributed by atoms with Crippen molar-refractivity contribution < 1.29 is 8.83 Å². The van der Waals surface area contributed by atoms with Crippen LogP contribution in [0, 0.1) is 20.8 Å². The number of hydrogen-bond acceptors (Lipinski definition) is 4. The standard InChI is InChI=1S/C11H10O4/c1-5-4-8-9(11(13)14-5)10(12)6(2)7(3)15-8/h4H,1-3H3. The van der Waals surface area contributed by atoms with Crippen LogP contribution in [0.15, 0.2) is 24.5 Å². The van der Waals surface area contributed by atoms with Crippen molar-refractivity contribution >= 4 is 11.0 Å². The lowest BCUT2D eigenvalue weighted by molar-refractivity contribution is 0.478. The zero-order valence-electron chi connectivity index (χ0n) is 8.71. The fourth-order valence-corrected chi connectivity index (χ4v) is 1.46. The van der Waals surface area contributed by atoms with Gasteiger partial charge in [0.05, 0.1) is 0 Å². The minimum Gasteiger partial charge on any atom is -0.460 e. The Morgan fingerprint density at radius 1 is 1.07 bits per heavy atom. The molecular weight excluding hydrogens is 196 g/mol. The van der Waals surface area contributed by atoms with E-state index >= 15 is 0 Å². The van der Waals surface area contributed by atoms with Crippen molar-refractivity contribution in [1.29, 1.82) is 0 Å². The molecule has 2 aromatic heterocycles. The first-order valence-corrected chi connectivity index (χ1v) is 4.55. The van der Waals surface area contributed by atoms with Crippen LogP contribution in [0.1, 0.15) is 17.1 Å². The van der Waals surface area contributed by atoms with E-state index < -0.39 is 5.63 Å². The van der Waals surface area contributed by atoms with Gasteiger partial charge >= 0.3 is 5.63 Å². The van der Waals surface area contributed by atoms with Gasteiger partial charge in [-0.2, -0.15) is 0 Å². The van der Waals surface area contributed by atoms with Crippen LogP contribution in [-0.4, -0.2) is 0 Å². The Kier molecular flexibility index (Phi) is 2.00. The summed E-state index contributed by atoms with van der Waals surface area (Å²) in [5.41, 5.74) is -0.222. The summed E-state index contributed by atoms with van der Waals surface area (Å²) in [5, 5.41) is -0.0105. The number of hydrogen-bond donors (Lipinski definition) is 0. The molecule has 0 saturated carbocycles. The Morgan fingerprint density at radius 2 is 1.73 bits per heavy atom. The molecule has 0 aliphatic heterocycles. The van der Waals surface area contributed by atoms with Crippen molar-refractivity contribution in [1.82, 2.24) is 0 Å². The normalized spacial score (nSPS) is 10.9. The predicted molar refractivity (Wildman–Crippen MR) is 55.2 cm³/mol.